The first-order valence-electron chi connectivity index (χ1n) is 5.35. The average Bonchev–Trinajstić information content (AvgIpc) is 2.25. The maximum atomic E-state index is 11.7. The van der Waals surface area contributed by atoms with Gasteiger partial charge in [-0.2, -0.15) is 0 Å². The highest BCUT2D eigenvalue weighted by Gasteiger charge is 2.17. The van der Waals surface area contributed by atoms with Crippen LogP contribution >= 0.6 is 0 Å². The molecular weight excluding hydrogens is 226 g/mol. The molecule has 0 fully saturated rings. The van der Waals surface area contributed by atoms with Crippen molar-refractivity contribution < 1.29 is 19.5 Å². The summed E-state index contributed by atoms with van der Waals surface area (Å²) in [5.41, 5.74) is 0. The molecule has 3 N–H and O–H groups in total. The summed E-state index contributed by atoms with van der Waals surface area (Å²) in [6.45, 7) is 3.56. The molecule has 0 heterocycles. The van der Waals surface area contributed by atoms with E-state index in [0.717, 1.165) is 0 Å². The van der Waals surface area contributed by atoms with Crippen LogP contribution in [-0.2, 0) is 9.59 Å². The van der Waals surface area contributed by atoms with Crippen LogP contribution in [0.3, 0.4) is 0 Å². The molecule has 0 saturated carbocycles. The van der Waals surface area contributed by atoms with Gasteiger partial charge in [0.2, 0.25) is 5.91 Å². The smallest absolute Gasteiger partial charge is 0.318 e. The van der Waals surface area contributed by atoms with E-state index in [0.29, 0.717) is 0 Å². The van der Waals surface area contributed by atoms with Gasteiger partial charge in [-0.15, -0.1) is 0 Å². The van der Waals surface area contributed by atoms with E-state index in [2.05, 4.69) is 10.6 Å². The van der Waals surface area contributed by atoms with Crippen LogP contribution in [0.2, 0.25) is 0 Å². The zero-order valence-electron chi connectivity index (χ0n) is 10.3. The fourth-order valence-electron chi connectivity index (χ4n) is 1.16. The summed E-state index contributed by atoms with van der Waals surface area (Å²) in [5, 5.41) is 13.4. The first kappa shape index (κ1) is 15.2. The number of rotatable bonds is 6. The lowest BCUT2D eigenvalue weighted by Gasteiger charge is -2.26. The van der Waals surface area contributed by atoms with Gasteiger partial charge in [0.25, 0.3) is 0 Å². The molecule has 0 aromatic rings. The Kier molecular flexibility index (Phi) is 6.69. The number of carboxylic acid groups (broad SMARTS) is 1. The number of carbonyl (C=O) groups excluding carboxylic acids is 2. The van der Waals surface area contributed by atoms with Gasteiger partial charge < -0.3 is 20.6 Å². The Bertz CT molecular complexity index is 291. The number of nitrogens with one attached hydrogen (secondary N) is 2. The molecule has 0 aromatic heterocycles. The largest absolute Gasteiger partial charge is 0.481 e. The zero-order chi connectivity index (χ0) is 13.4. The summed E-state index contributed by atoms with van der Waals surface area (Å²) < 4.78 is 0. The summed E-state index contributed by atoms with van der Waals surface area (Å²) in [7, 11) is 1.47. The normalized spacial score (nSPS) is 9.88. The van der Waals surface area contributed by atoms with E-state index in [1.165, 1.54) is 11.9 Å². The molecule has 0 aromatic carbocycles. The van der Waals surface area contributed by atoms with Crippen molar-refractivity contribution >= 4 is 17.9 Å². The van der Waals surface area contributed by atoms with Crippen molar-refractivity contribution in [1.29, 1.82) is 0 Å². The van der Waals surface area contributed by atoms with Crippen LogP contribution in [-0.4, -0.2) is 54.1 Å². The Morgan fingerprint density at radius 3 is 2.29 bits per heavy atom. The van der Waals surface area contributed by atoms with E-state index >= 15 is 0 Å². The van der Waals surface area contributed by atoms with Crippen molar-refractivity contribution in [1.82, 2.24) is 15.5 Å². The number of carboxylic acids is 1. The van der Waals surface area contributed by atoms with Crippen LogP contribution in [0.1, 0.15) is 20.3 Å². The zero-order valence-corrected chi connectivity index (χ0v) is 10.3. The van der Waals surface area contributed by atoms with Crippen LogP contribution in [0.15, 0.2) is 0 Å². The van der Waals surface area contributed by atoms with Gasteiger partial charge >= 0.3 is 12.0 Å². The molecule has 7 heteroatoms. The van der Waals surface area contributed by atoms with Gasteiger partial charge in [-0.1, -0.05) is 0 Å². The van der Waals surface area contributed by atoms with Gasteiger partial charge in [-0.25, -0.2) is 4.79 Å². The Balaban J connectivity index is 4.24. The number of nitrogens with zero attached hydrogens (tertiary/aromatic N) is 1. The molecule has 98 valence electrons. The number of carbonyl (C=O) groups is 3. The van der Waals surface area contributed by atoms with E-state index in [9.17, 15) is 14.4 Å². The fraction of sp³-hybridized carbons (Fsp3) is 0.700. The third-order valence-corrected chi connectivity index (χ3v) is 2.13. The molecular formula is C10H19N3O4. The maximum Gasteiger partial charge on any atom is 0.318 e. The van der Waals surface area contributed by atoms with Crippen LogP contribution < -0.4 is 10.6 Å². The van der Waals surface area contributed by atoms with Crippen molar-refractivity contribution in [2.24, 2.45) is 0 Å². The lowest BCUT2D eigenvalue weighted by atomic mass is 10.3. The van der Waals surface area contributed by atoms with E-state index in [4.69, 9.17) is 5.11 Å². The van der Waals surface area contributed by atoms with Crippen molar-refractivity contribution in [3.63, 3.8) is 0 Å². The summed E-state index contributed by atoms with van der Waals surface area (Å²) in [6.07, 6.45) is -0.119. The molecule has 0 atom stereocenters. The summed E-state index contributed by atoms with van der Waals surface area (Å²) in [6, 6.07) is -0.566. The number of amides is 3. The Morgan fingerprint density at radius 1 is 1.29 bits per heavy atom. The average molecular weight is 245 g/mol. The number of hydrogen-bond acceptors (Lipinski definition) is 3. The van der Waals surface area contributed by atoms with Crippen molar-refractivity contribution in [3.05, 3.63) is 0 Å². The van der Waals surface area contributed by atoms with Crippen LogP contribution in [0, 0.1) is 0 Å². The third-order valence-electron chi connectivity index (χ3n) is 2.13. The fourth-order valence-corrected chi connectivity index (χ4v) is 1.16. The second-order valence-electron chi connectivity index (χ2n) is 3.76. The molecule has 0 rings (SSSR count). The van der Waals surface area contributed by atoms with Gasteiger partial charge in [-0.3, -0.25) is 9.59 Å². The molecule has 0 radical (unpaired) electrons. The number of hydrogen-bond donors (Lipinski definition) is 3. The minimum Gasteiger partial charge on any atom is -0.481 e. The van der Waals surface area contributed by atoms with Gasteiger partial charge in [0, 0.05) is 19.6 Å². The van der Waals surface area contributed by atoms with E-state index in [1.807, 2.05) is 0 Å². The van der Waals surface area contributed by atoms with Gasteiger partial charge in [0.15, 0.2) is 0 Å². The van der Waals surface area contributed by atoms with Crippen molar-refractivity contribution in [3.8, 4) is 0 Å². The summed E-state index contributed by atoms with van der Waals surface area (Å²) in [5.74, 6) is -1.27. The highest BCUT2D eigenvalue weighted by atomic mass is 16.4. The molecule has 3 amide bonds. The first-order chi connectivity index (χ1) is 7.88. The monoisotopic (exact) mass is 245 g/mol. The maximum absolute atomic E-state index is 11.7. The topological polar surface area (TPSA) is 98.7 Å². The molecule has 0 aliphatic rings. The molecule has 0 aliphatic heterocycles. The van der Waals surface area contributed by atoms with E-state index in [-0.39, 0.29) is 31.5 Å². The lowest BCUT2D eigenvalue weighted by molar-refractivity contribution is -0.137. The Morgan fingerprint density at radius 2 is 1.88 bits per heavy atom. The molecule has 0 bridgehead atoms. The van der Waals surface area contributed by atoms with Gasteiger partial charge in [0.05, 0.1) is 13.0 Å². The second-order valence-corrected chi connectivity index (χ2v) is 3.76. The Hall–Kier alpha value is -1.79. The molecule has 17 heavy (non-hydrogen) atoms. The number of aliphatic carboxylic acids is 1. The standard InChI is InChI=1S/C10H19N3O4/c1-7(2)13(5-4-9(15)16)10(17)12-6-8(14)11-3/h7H,4-6H2,1-3H3,(H,11,14)(H,12,17)(H,15,16). The lowest BCUT2D eigenvalue weighted by Crippen LogP contribution is -2.47. The van der Waals surface area contributed by atoms with Crippen LogP contribution in [0.5, 0.6) is 0 Å². The van der Waals surface area contributed by atoms with Crippen LogP contribution in [0.25, 0.3) is 0 Å². The molecule has 0 unspecified atom stereocenters. The molecule has 0 spiro atoms. The molecule has 7 nitrogen and oxygen atoms in total. The predicted molar refractivity (Wildman–Crippen MR) is 61.6 cm³/mol. The van der Waals surface area contributed by atoms with E-state index < -0.39 is 12.0 Å². The van der Waals surface area contributed by atoms with Gasteiger partial charge in [-0.05, 0) is 13.8 Å². The molecule has 0 saturated heterocycles. The highest BCUT2D eigenvalue weighted by Crippen LogP contribution is 2.00. The highest BCUT2D eigenvalue weighted by molar-refractivity contribution is 5.84. The van der Waals surface area contributed by atoms with Crippen LogP contribution in [0.4, 0.5) is 4.79 Å². The van der Waals surface area contributed by atoms with Gasteiger partial charge in [0.1, 0.15) is 0 Å². The minimum absolute atomic E-state index is 0.118. The van der Waals surface area contributed by atoms with Crippen molar-refractivity contribution in [2.45, 2.75) is 26.3 Å². The predicted octanol–water partition coefficient (Wildman–Crippen LogP) is -0.373. The second kappa shape index (κ2) is 7.48. The number of likely N-dealkylation sites (N-methyl/N-ethyl adjacent to an activating group) is 1. The Labute approximate surface area is 100 Å². The SMILES string of the molecule is CNC(=O)CNC(=O)N(CCC(=O)O)C(C)C. The molecule has 0 aliphatic carbocycles. The van der Waals surface area contributed by atoms with Crippen molar-refractivity contribution in [2.75, 3.05) is 20.1 Å². The summed E-state index contributed by atoms with van der Waals surface area (Å²) >= 11 is 0. The first-order valence-corrected chi connectivity index (χ1v) is 5.35. The third kappa shape index (κ3) is 6.39. The minimum atomic E-state index is -0.963. The van der Waals surface area contributed by atoms with E-state index in [1.54, 1.807) is 13.8 Å². The quantitative estimate of drug-likeness (QED) is 0.594. The summed E-state index contributed by atoms with van der Waals surface area (Å²) in [4.78, 5) is 34.4. The number of urea groups is 1.